The van der Waals surface area contributed by atoms with Crippen LogP contribution >= 0.6 is 11.6 Å². The Kier molecular flexibility index (Phi) is 4.28. The normalized spacial score (nSPS) is 11.8. The van der Waals surface area contributed by atoms with Gasteiger partial charge in [0, 0.05) is 6.92 Å². The highest BCUT2D eigenvalue weighted by Crippen LogP contribution is 1.97. The Labute approximate surface area is 73.7 Å². The van der Waals surface area contributed by atoms with E-state index in [0.29, 0.717) is 0 Å². The lowest BCUT2D eigenvalue weighted by Crippen LogP contribution is -2.39. The fraction of sp³-hybridized carbons (Fsp3) is 0.500. The average molecular weight is 194 g/mol. The van der Waals surface area contributed by atoms with E-state index in [0.717, 1.165) is 0 Å². The molecule has 68 valence electrons. The summed E-state index contributed by atoms with van der Waals surface area (Å²) in [5, 5.41) is 9.51. The highest BCUT2D eigenvalue weighted by Gasteiger charge is 2.20. The predicted molar refractivity (Wildman–Crippen MR) is 40.7 cm³/mol. The van der Waals surface area contributed by atoms with Crippen molar-refractivity contribution in [3.8, 4) is 0 Å². The summed E-state index contributed by atoms with van der Waals surface area (Å²) in [6, 6.07) is -1.14. The molecule has 0 bridgehead atoms. The molecule has 0 aliphatic rings. The van der Waals surface area contributed by atoms with E-state index in [1.165, 1.54) is 6.92 Å². The summed E-state index contributed by atoms with van der Waals surface area (Å²) in [5.41, 5.74) is 0. The van der Waals surface area contributed by atoms with Crippen molar-refractivity contribution in [2.45, 2.75) is 19.4 Å². The molecule has 0 heterocycles. The van der Waals surface area contributed by atoms with Crippen molar-refractivity contribution in [3.63, 3.8) is 0 Å². The van der Waals surface area contributed by atoms with Gasteiger partial charge in [0.15, 0.2) is 0 Å². The zero-order valence-electron chi connectivity index (χ0n) is 6.33. The van der Waals surface area contributed by atoms with Crippen molar-refractivity contribution in [1.29, 1.82) is 0 Å². The molecule has 0 aromatic heterocycles. The summed E-state index contributed by atoms with van der Waals surface area (Å²) in [5.74, 6) is -1.68. The van der Waals surface area contributed by atoms with E-state index in [2.05, 4.69) is 5.32 Å². The lowest BCUT2D eigenvalue weighted by molar-refractivity contribution is -0.139. The quantitative estimate of drug-likeness (QED) is 0.602. The monoisotopic (exact) mass is 193 g/mol. The van der Waals surface area contributed by atoms with E-state index < -0.39 is 29.6 Å². The Balaban J connectivity index is 4.14. The zero-order chi connectivity index (χ0) is 9.72. The highest BCUT2D eigenvalue weighted by molar-refractivity contribution is 6.65. The van der Waals surface area contributed by atoms with Gasteiger partial charge in [0.2, 0.25) is 11.1 Å². The van der Waals surface area contributed by atoms with Crippen molar-refractivity contribution >= 4 is 28.7 Å². The van der Waals surface area contributed by atoms with E-state index in [9.17, 15) is 14.4 Å². The number of carboxylic acids is 1. The molecule has 0 aromatic rings. The van der Waals surface area contributed by atoms with Crippen LogP contribution in [-0.4, -0.2) is 28.3 Å². The summed E-state index contributed by atoms with van der Waals surface area (Å²) < 4.78 is 0. The SMILES string of the molecule is CC(=O)N[C@@H](CC(=O)O)C(=O)Cl. The first-order valence-corrected chi connectivity index (χ1v) is 3.49. The van der Waals surface area contributed by atoms with Gasteiger partial charge in [0.25, 0.3) is 0 Å². The topological polar surface area (TPSA) is 83.5 Å². The third-order valence-corrected chi connectivity index (χ3v) is 1.29. The number of carbonyl (C=O) groups excluding carboxylic acids is 2. The number of carboxylic acid groups (broad SMARTS) is 1. The number of aliphatic carboxylic acids is 1. The number of amides is 1. The molecule has 0 fully saturated rings. The van der Waals surface area contributed by atoms with Gasteiger partial charge in [-0.25, -0.2) is 0 Å². The van der Waals surface area contributed by atoms with Gasteiger partial charge in [-0.05, 0) is 11.6 Å². The summed E-state index contributed by atoms with van der Waals surface area (Å²) in [4.78, 5) is 31.1. The standard InChI is InChI=1S/C6H8ClNO4/c1-3(9)8-4(6(7)12)2-5(10)11/h4H,2H2,1H3,(H,8,9)(H,10,11)/t4-/m0/s1. The smallest absolute Gasteiger partial charge is 0.305 e. The third-order valence-electron chi connectivity index (χ3n) is 1.03. The van der Waals surface area contributed by atoms with Crippen LogP contribution in [0.3, 0.4) is 0 Å². The minimum Gasteiger partial charge on any atom is -0.481 e. The average Bonchev–Trinajstić information content (AvgIpc) is 1.83. The maximum absolute atomic E-state index is 10.5. The molecule has 6 heteroatoms. The van der Waals surface area contributed by atoms with E-state index in [1.54, 1.807) is 0 Å². The van der Waals surface area contributed by atoms with Crippen molar-refractivity contribution < 1.29 is 19.5 Å². The molecule has 2 N–H and O–H groups in total. The molecular weight excluding hydrogens is 186 g/mol. The lowest BCUT2D eigenvalue weighted by Gasteiger charge is -2.09. The Morgan fingerprint density at radius 2 is 2.00 bits per heavy atom. The second kappa shape index (κ2) is 4.71. The minimum atomic E-state index is -1.19. The van der Waals surface area contributed by atoms with Gasteiger partial charge in [-0.1, -0.05) is 0 Å². The van der Waals surface area contributed by atoms with Crippen LogP contribution in [0.5, 0.6) is 0 Å². The van der Waals surface area contributed by atoms with Gasteiger partial charge in [-0.2, -0.15) is 0 Å². The van der Waals surface area contributed by atoms with Crippen molar-refractivity contribution in [1.82, 2.24) is 5.32 Å². The van der Waals surface area contributed by atoms with Crippen molar-refractivity contribution in [3.05, 3.63) is 0 Å². The van der Waals surface area contributed by atoms with Gasteiger partial charge >= 0.3 is 5.97 Å². The van der Waals surface area contributed by atoms with Crippen LogP contribution in [0.2, 0.25) is 0 Å². The molecule has 0 rings (SSSR count). The fourth-order valence-corrected chi connectivity index (χ4v) is 0.740. The number of carbonyl (C=O) groups is 3. The molecule has 0 aliphatic carbocycles. The number of hydrogen-bond donors (Lipinski definition) is 2. The van der Waals surface area contributed by atoms with Crippen LogP contribution < -0.4 is 5.32 Å². The van der Waals surface area contributed by atoms with Gasteiger partial charge < -0.3 is 10.4 Å². The van der Waals surface area contributed by atoms with Crippen LogP contribution in [0.15, 0.2) is 0 Å². The van der Waals surface area contributed by atoms with E-state index in [-0.39, 0.29) is 0 Å². The molecular formula is C6H8ClNO4. The minimum absolute atomic E-state index is 0.491. The summed E-state index contributed by atoms with van der Waals surface area (Å²) >= 11 is 5.01. The lowest BCUT2D eigenvalue weighted by atomic mass is 10.2. The second-order valence-electron chi connectivity index (χ2n) is 2.16. The van der Waals surface area contributed by atoms with E-state index in [4.69, 9.17) is 16.7 Å². The molecule has 0 radical (unpaired) electrons. The Morgan fingerprint density at radius 3 is 2.25 bits per heavy atom. The first-order valence-electron chi connectivity index (χ1n) is 3.11. The first kappa shape index (κ1) is 10.9. The van der Waals surface area contributed by atoms with E-state index in [1.807, 2.05) is 0 Å². The Hall–Kier alpha value is -1.10. The van der Waals surface area contributed by atoms with Crippen molar-refractivity contribution in [2.24, 2.45) is 0 Å². The van der Waals surface area contributed by atoms with Gasteiger partial charge in [-0.3, -0.25) is 14.4 Å². The molecule has 12 heavy (non-hydrogen) atoms. The molecule has 0 aliphatic heterocycles. The van der Waals surface area contributed by atoms with Crippen LogP contribution in [-0.2, 0) is 14.4 Å². The summed E-state index contributed by atoms with van der Waals surface area (Å²) in [6.07, 6.45) is -0.498. The highest BCUT2D eigenvalue weighted by atomic mass is 35.5. The predicted octanol–water partition coefficient (Wildman–Crippen LogP) is -0.269. The Bertz CT molecular complexity index is 200. The Morgan fingerprint density at radius 1 is 1.50 bits per heavy atom. The van der Waals surface area contributed by atoms with Gasteiger partial charge in [0.1, 0.15) is 6.04 Å². The van der Waals surface area contributed by atoms with Crippen molar-refractivity contribution in [2.75, 3.05) is 0 Å². The zero-order valence-corrected chi connectivity index (χ0v) is 7.09. The summed E-state index contributed by atoms with van der Waals surface area (Å²) in [7, 11) is 0. The molecule has 5 nitrogen and oxygen atoms in total. The largest absolute Gasteiger partial charge is 0.481 e. The molecule has 0 spiro atoms. The van der Waals surface area contributed by atoms with Crippen LogP contribution in [0.4, 0.5) is 0 Å². The van der Waals surface area contributed by atoms with Crippen LogP contribution in [0.1, 0.15) is 13.3 Å². The third kappa shape index (κ3) is 4.68. The molecule has 0 unspecified atom stereocenters. The number of nitrogens with one attached hydrogen (secondary N) is 1. The van der Waals surface area contributed by atoms with Crippen LogP contribution in [0.25, 0.3) is 0 Å². The van der Waals surface area contributed by atoms with Gasteiger partial charge in [-0.15, -0.1) is 0 Å². The maximum Gasteiger partial charge on any atom is 0.305 e. The first-order chi connectivity index (χ1) is 5.43. The maximum atomic E-state index is 10.5. The van der Waals surface area contributed by atoms with Crippen LogP contribution in [0, 0.1) is 0 Å². The molecule has 0 aromatic carbocycles. The number of hydrogen-bond acceptors (Lipinski definition) is 3. The van der Waals surface area contributed by atoms with Gasteiger partial charge in [0.05, 0.1) is 6.42 Å². The molecule has 0 saturated carbocycles. The molecule has 1 amide bonds. The number of rotatable bonds is 4. The molecule has 1 atom stereocenters. The molecule has 0 saturated heterocycles. The number of halogens is 1. The summed E-state index contributed by atoms with van der Waals surface area (Å²) in [6.45, 7) is 1.18. The van der Waals surface area contributed by atoms with E-state index >= 15 is 0 Å². The second-order valence-corrected chi connectivity index (χ2v) is 2.53. The fourth-order valence-electron chi connectivity index (χ4n) is 0.608.